The second-order valence-electron chi connectivity index (χ2n) is 7.00. The van der Waals surface area contributed by atoms with Crippen LogP contribution in [0.3, 0.4) is 0 Å². The van der Waals surface area contributed by atoms with E-state index in [1.807, 2.05) is 13.0 Å². The first kappa shape index (κ1) is 16.8. The van der Waals surface area contributed by atoms with Gasteiger partial charge in [-0.2, -0.15) is 0 Å². The van der Waals surface area contributed by atoms with Crippen LogP contribution in [0.1, 0.15) is 49.1 Å². The Morgan fingerprint density at radius 3 is 2.54 bits per heavy atom. The number of hydrogen-bond acceptors (Lipinski definition) is 3. The maximum absolute atomic E-state index is 12.3. The molecule has 2 saturated carbocycles. The first-order valence-corrected chi connectivity index (χ1v) is 8.77. The quantitative estimate of drug-likeness (QED) is 0.768. The summed E-state index contributed by atoms with van der Waals surface area (Å²) in [7, 11) is 1.67. The molecule has 2 aliphatic rings. The largest absolute Gasteiger partial charge is 0.496 e. The number of nitrogens with one attached hydrogen (secondary N) is 2. The lowest BCUT2D eigenvalue weighted by Crippen LogP contribution is -2.38. The van der Waals surface area contributed by atoms with Crippen LogP contribution in [0.25, 0.3) is 0 Å². The van der Waals surface area contributed by atoms with Gasteiger partial charge in [-0.1, -0.05) is 12.1 Å². The molecular formula is C19H26N2O3. The van der Waals surface area contributed by atoms with Gasteiger partial charge in [-0.25, -0.2) is 0 Å². The van der Waals surface area contributed by atoms with E-state index in [4.69, 9.17) is 4.74 Å². The molecule has 2 aliphatic carbocycles. The van der Waals surface area contributed by atoms with E-state index in [0.717, 1.165) is 24.2 Å². The highest BCUT2D eigenvalue weighted by atomic mass is 16.5. The summed E-state index contributed by atoms with van der Waals surface area (Å²) in [6.07, 6.45) is 4.89. The van der Waals surface area contributed by atoms with Gasteiger partial charge in [-0.15, -0.1) is 0 Å². The molecule has 0 spiro atoms. The van der Waals surface area contributed by atoms with Crippen molar-refractivity contribution in [2.24, 2.45) is 5.92 Å². The number of amides is 2. The summed E-state index contributed by atoms with van der Waals surface area (Å²) in [6.45, 7) is 2.10. The molecule has 1 unspecified atom stereocenters. The van der Waals surface area contributed by atoms with Gasteiger partial charge >= 0.3 is 0 Å². The number of carbonyl (C=O) groups excluding carboxylic acids is 2. The Morgan fingerprint density at radius 2 is 1.96 bits per heavy atom. The van der Waals surface area contributed by atoms with Crippen molar-refractivity contribution >= 4 is 11.8 Å². The SMILES string of the molecule is COc1ccc(C(CC(=O)NCC(=O)NC2CC2)C2CC2)cc1C. The van der Waals surface area contributed by atoms with E-state index in [2.05, 4.69) is 22.8 Å². The first-order valence-electron chi connectivity index (χ1n) is 8.77. The van der Waals surface area contributed by atoms with Crippen LogP contribution >= 0.6 is 0 Å². The van der Waals surface area contributed by atoms with Gasteiger partial charge < -0.3 is 15.4 Å². The van der Waals surface area contributed by atoms with Crippen molar-refractivity contribution in [3.63, 3.8) is 0 Å². The summed E-state index contributed by atoms with van der Waals surface area (Å²) in [6, 6.07) is 6.48. The summed E-state index contributed by atoms with van der Waals surface area (Å²) in [5, 5.41) is 5.64. The third-order valence-electron chi connectivity index (χ3n) is 4.83. The van der Waals surface area contributed by atoms with Crippen molar-refractivity contribution in [3.05, 3.63) is 29.3 Å². The van der Waals surface area contributed by atoms with Crippen LogP contribution in [-0.4, -0.2) is 31.5 Å². The third kappa shape index (κ3) is 4.49. The number of aryl methyl sites for hydroxylation is 1. The van der Waals surface area contributed by atoms with E-state index in [1.165, 1.54) is 18.4 Å². The highest BCUT2D eigenvalue weighted by Gasteiger charge is 2.34. The zero-order chi connectivity index (χ0) is 17.1. The minimum atomic E-state index is -0.0888. The van der Waals surface area contributed by atoms with Crippen molar-refractivity contribution in [2.75, 3.05) is 13.7 Å². The zero-order valence-electron chi connectivity index (χ0n) is 14.4. The molecule has 1 aromatic rings. The molecule has 0 bridgehead atoms. The predicted octanol–water partition coefficient (Wildman–Crippen LogP) is 2.28. The van der Waals surface area contributed by atoms with Crippen molar-refractivity contribution in [2.45, 2.75) is 51.0 Å². The van der Waals surface area contributed by atoms with Gasteiger partial charge in [-0.3, -0.25) is 9.59 Å². The standard InChI is InChI=1S/C19H26N2O3/c1-12-9-14(5-8-17(12)24-2)16(13-3-4-13)10-18(22)20-11-19(23)21-15-6-7-15/h5,8-9,13,15-16H,3-4,6-7,10-11H2,1-2H3,(H,20,22)(H,21,23). The van der Waals surface area contributed by atoms with Crippen molar-refractivity contribution in [1.82, 2.24) is 10.6 Å². The number of hydrogen-bond donors (Lipinski definition) is 2. The molecule has 2 amide bonds. The van der Waals surface area contributed by atoms with Crippen LogP contribution in [0.5, 0.6) is 5.75 Å². The summed E-state index contributed by atoms with van der Waals surface area (Å²) in [5.41, 5.74) is 2.28. The molecule has 0 aromatic heterocycles. The fraction of sp³-hybridized carbons (Fsp3) is 0.579. The van der Waals surface area contributed by atoms with Crippen molar-refractivity contribution < 1.29 is 14.3 Å². The summed E-state index contributed by atoms with van der Waals surface area (Å²) >= 11 is 0. The fourth-order valence-electron chi connectivity index (χ4n) is 3.14. The molecule has 2 fully saturated rings. The first-order chi connectivity index (χ1) is 11.6. The van der Waals surface area contributed by atoms with Crippen LogP contribution in [-0.2, 0) is 9.59 Å². The van der Waals surface area contributed by atoms with Crippen LogP contribution in [0.2, 0.25) is 0 Å². The number of carbonyl (C=O) groups is 2. The Labute approximate surface area is 143 Å². The highest BCUT2D eigenvalue weighted by Crippen LogP contribution is 2.45. The molecule has 1 aromatic carbocycles. The van der Waals surface area contributed by atoms with Crippen LogP contribution < -0.4 is 15.4 Å². The number of benzene rings is 1. The average Bonchev–Trinajstić information content (AvgIpc) is 3.44. The lowest BCUT2D eigenvalue weighted by atomic mass is 9.89. The van der Waals surface area contributed by atoms with E-state index in [9.17, 15) is 9.59 Å². The summed E-state index contributed by atoms with van der Waals surface area (Å²) < 4.78 is 5.31. The number of rotatable bonds is 8. The molecule has 2 N–H and O–H groups in total. The van der Waals surface area contributed by atoms with Gasteiger partial charge in [0.15, 0.2) is 0 Å². The normalized spacial score (nSPS) is 17.9. The van der Waals surface area contributed by atoms with Crippen LogP contribution in [0, 0.1) is 12.8 Å². The molecule has 5 heteroatoms. The minimum Gasteiger partial charge on any atom is -0.496 e. The summed E-state index contributed by atoms with van der Waals surface area (Å²) in [5.74, 6) is 1.53. The lowest BCUT2D eigenvalue weighted by Gasteiger charge is -2.18. The van der Waals surface area contributed by atoms with E-state index >= 15 is 0 Å². The third-order valence-corrected chi connectivity index (χ3v) is 4.83. The van der Waals surface area contributed by atoms with E-state index in [1.54, 1.807) is 7.11 Å². The Bertz CT molecular complexity index is 621. The Morgan fingerprint density at radius 1 is 1.21 bits per heavy atom. The Kier molecular flexibility index (Phi) is 5.07. The van der Waals surface area contributed by atoms with E-state index < -0.39 is 0 Å². The smallest absolute Gasteiger partial charge is 0.239 e. The number of ether oxygens (including phenoxy) is 1. The van der Waals surface area contributed by atoms with Gasteiger partial charge in [0.25, 0.3) is 0 Å². The molecule has 5 nitrogen and oxygen atoms in total. The monoisotopic (exact) mass is 330 g/mol. The van der Waals surface area contributed by atoms with Crippen LogP contribution in [0.15, 0.2) is 18.2 Å². The van der Waals surface area contributed by atoms with Gasteiger partial charge in [0.05, 0.1) is 13.7 Å². The Balaban J connectivity index is 1.56. The topological polar surface area (TPSA) is 67.4 Å². The molecule has 0 saturated heterocycles. The molecule has 0 heterocycles. The zero-order valence-corrected chi connectivity index (χ0v) is 14.4. The van der Waals surface area contributed by atoms with E-state index in [-0.39, 0.29) is 24.3 Å². The second kappa shape index (κ2) is 7.24. The van der Waals surface area contributed by atoms with Gasteiger partial charge in [0, 0.05) is 12.5 Å². The van der Waals surface area contributed by atoms with Crippen molar-refractivity contribution in [3.8, 4) is 5.75 Å². The minimum absolute atomic E-state index is 0.0497. The summed E-state index contributed by atoms with van der Waals surface area (Å²) in [4.78, 5) is 23.9. The molecular weight excluding hydrogens is 304 g/mol. The molecule has 24 heavy (non-hydrogen) atoms. The second-order valence-corrected chi connectivity index (χ2v) is 7.00. The molecule has 3 rings (SSSR count). The molecule has 0 aliphatic heterocycles. The highest BCUT2D eigenvalue weighted by molar-refractivity contribution is 5.85. The Hall–Kier alpha value is -2.04. The fourth-order valence-corrected chi connectivity index (χ4v) is 3.14. The van der Waals surface area contributed by atoms with Gasteiger partial charge in [0.1, 0.15) is 5.75 Å². The molecule has 130 valence electrons. The maximum Gasteiger partial charge on any atom is 0.239 e. The molecule has 0 radical (unpaired) electrons. The van der Waals surface area contributed by atoms with Crippen molar-refractivity contribution in [1.29, 1.82) is 0 Å². The molecule has 1 atom stereocenters. The van der Waals surface area contributed by atoms with Crippen LogP contribution in [0.4, 0.5) is 0 Å². The predicted molar refractivity (Wildman–Crippen MR) is 92.0 cm³/mol. The van der Waals surface area contributed by atoms with Gasteiger partial charge in [0.2, 0.25) is 11.8 Å². The van der Waals surface area contributed by atoms with Gasteiger partial charge in [-0.05, 0) is 61.6 Å². The van der Waals surface area contributed by atoms with E-state index in [0.29, 0.717) is 18.4 Å². The number of methoxy groups -OCH3 is 1. The average molecular weight is 330 g/mol. The maximum atomic E-state index is 12.3. The lowest BCUT2D eigenvalue weighted by molar-refractivity contribution is -0.126.